The minimum atomic E-state index is -0.272. The summed E-state index contributed by atoms with van der Waals surface area (Å²) in [6.45, 7) is 8.40. The van der Waals surface area contributed by atoms with Gasteiger partial charge in [-0.3, -0.25) is 4.90 Å². The highest BCUT2D eigenvalue weighted by Gasteiger charge is 2.23. The van der Waals surface area contributed by atoms with E-state index < -0.39 is 0 Å². The second-order valence-electron chi connectivity index (χ2n) is 5.71. The quantitative estimate of drug-likeness (QED) is 0.892. The molecule has 1 atom stereocenters. The first kappa shape index (κ1) is 14.8. The van der Waals surface area contributed by atoms with Crippen molar-refractivity contribution in [3.63, 3.8) is 0 Å². The molecule has 1 aromatic rings. The second-order valence-corrected chi connectivity index (χ2v) is 6.11. The summed E-state index contributed by atoms with van der Waals surface area (Å²) in [7, 11) is 0. The van der Waals surface area contributed by atoms with Crippen LogP contribution in [0.15, 0.2) is 18.2 Å². The Morgan fingerprint density at radius 3 is 2.84 bits per heavy atom. The maximum Gasteiger partial charge on any atom is 0.124 e. The highest BCUT2D eigenvalue weighted by molar-refractivity contribution is 6.31. The number of rotatable bonds is 5. The second kappa shape index (κ2) is 6.69. The zero-order valence-corrected chi connectivity index (χ0v) is 12.4. The van der Waals surface area contributed by atoms with Crippen molar-refractivity contribution in [3.8, 4) is 0 Å². The summed E-state index contributed by atoms with van der Waals surface area (Å²) in [6, 6.07) is 5.25. The van der Waals surface area contributed by atoms with Gasteiger partial charge in [-0.1, -0.05) is 31.5 Å². The molecule has 1 N–H and O–H groups in total. The molecule has 0 saturated carbocycles. The average molecular weight is 285 g/mol. The first-order valence-electron chi connectivity index (χ1n) is 6.95. The van der Waals surface area contributed by atoms with Crippen molar-refractivity contribution in [2.24, 2.45) is 5.92 Å². The third kappa shape index (κ3) is 4.16. The first-order chi connectivity index (χ1) is 9.06. The number of halogens is 2. The monoisotopic (exact) mass is 284 g/mol. The van der Waals surface area contributed by atoms with Crippen molar-refractivity contribution in [1.29, 1.82) is 0 Å². The topological polar surface area (TPSA) is 15.3 Å². The Kier molecular flexibility index (Phi) is 5.20. The van der Waals surface area contributed by atoms with E-state index in [1.54, 1.807) is 6.07 Å². The Bertz CT molecular complexity index is 417. The summed E-state index contributed by atoms with van der Waals surface area (Å²) in [5.41, 5.74) is 1.01. The summed E-state index contributed by atoms with van der Waals surface area (Å²) in [5, 5.41) is 3.93. The van der Waals surface area contributed by atoms with Gasteiger partial charge in [-0.05, 0) is 36.6 Å². The van der Waals surface area contributed by atoms with E-state index in [1.165, 1.54) is 18.6 Å². The van der Waals surface area contributed by atoms with Crippen LogP contribution in [-0.2, 0) is 6.54 Å². The Balaban J connectivity index is 2.09. The van der Waals surface area contributed by atoms with Gasteiger partial charge in [0.15, 0.2) is 0 Å². The molecule has 1 aromatic carbocycles. The SMILES string of the molecule is CC(C)CN(Cc1ccc(F)cc1Cl)[C@@H]1CCNC1. The molecule has 2 rings (SSSR count). The summed E-state index contributed by atoms with van der Waals surface area (Å²) in [5.74, 6) is 0.339. The lowest BCUT2D eigenvalue weighted by Gasteiger charge is -2.30. The van der Waals surface area contributed by atoms with E-state index in [9.17, 15) is 4.39 Å². The number of nitrogens with one attached hydrogen (secondary N) is 1. The zero-order chi connectivity index (χ0) is 13.8. The van der Waals surface area contributed by atoms with Crippen LogP contribution >= 0.6 is 11.6 Å². The van der Waals surface area contributed by atoms with Crippen LogP contribution in [0, 0.1) is 11.7 Å². The van der Waals surface area contributed by atoms with E-state index >= 15 is 0 Å². The van der Waals surface area contributed by atoms with Crippen molar-refractivity contribution in [2.45, 2.75) is 32.9 Å². The number of benzene rings is 1. The lowest BCUT2D eigenvalue weighted by atomic mass is 10.1. The Morgan fingerprint density at radius 1 is 1.47 bits per heavy atom. The van der Waals surface area contributed by atoms with Gasteiger partial charge >= 0.3 is 0 Å². The Hall–Kier alpha value is -0.640. The van der Waals surface area contributed by atoms with E-state index in [2.05, 4.69) is 24.1 Å². The molecule has 4 heteroatoms. The number of nitrogens with zero attached hydrogens (tertiary/aromatic N) is 1. The fourth-order valence-electron chi connectivity index (χ4n) is 2.63. The molecular formula is C15H22ClFN2. The van der Waals surface area contributed by atoms with Crippen LogP contribution in [0.25, 0.3) is 0 Å². The molecule has 106 valence electrons. The van der Waals surface area contributed by atoms with Crippen molar-refractivity contribution < 1.29 is 4.39 Å². The van der Waals surface area contributed by atoms with Crippen LogP contribution in [0.3, 0.4) is 0 Å². The predicted molar refractivity (Wildman–Crippen MR) is 77.9 cm³/mol. The molecule has 0 spiro atoms. The minimum Gasteiger partial charge on any atom is -0.315 e. The minimum absolute atomic E-state index is 0.272. The van der Waals surface area contributed by atoms with Gasteiger partial charge in [0.05, 0.1) is 0 Å². The van der Waals surface area contributed by atoms with Gasteiger partial charge in [-0.25, -0.2) is 4.39 Å². The molecule has 0 amide bonds. The molecule has 0 aliphatic carbocycles. The summed E-state index contributed by atoms with van der Waals surface area (Å²) >= 11 is 6.13. The normalized spacial score (nSPS) is 19.6. The van der Waals surface area contributed by atoms with Gasteiger partial charge < -0.3 is 5.32 Å². The smallest absolute Gasteiger partial charge is 0.124 e. The average Bonchev–Trinajstić information content (AvgIpc) is 2.84. The molecule has 0 aromatic heterocycles. The van der Waals surface area contributed by atoms with E-state index in [0.29, 0.717) is 17.0 Å². The predicted octanol–water partition coefficient (Wildman–Crippen LogP) is 3.30. The van der Waals surface area contributed by atoms with Crippen LogP contribution in [0.5, 0.6) is 0 Å². The first-order valence-corrected chi connectivity index (χ1v) is 7.32. The van der Waals surface area contributed by atoms with Gasteiger partial charge in [0.1, 0.15) is 5.82 Å². The summed E-state index contributed by atoms with van der Waals surface area (Å²) < 4.78 is 13.1. The van der Waals surface area contributed by atoms with Crippen LogP contribution in [-0.4, -0.2) is 30.6 Å². The van der Waals surface area contributed by atoms with E-state index in [-0.39, 0.29) is 5.82 Å². The highest BCUT2D eigenvalue weighted by Crippen LogP contribution is 2.22. The third-order valence-corrected chi connectivity index (χ3v) is 3.89. The molecule has 0 bridgehead atoms. The molecule has 19 heavy (non-hydrogen) atoms. The van der Waals surface area contributed by atoms with E-state index in [0.717, 1.165) is 31.7 Å². The Labute approximate surface area is 119 Å². The van der Waals surface area contributed by atoms with E-state index in [4.69, 9.17) is 11.6 Å². The zero-order valence-electron chi connectivity index (χ0n) is 11.6. The lowest BCUT2D eigenvalue weighted by molar-refractivity contribution is 0.177. The van der Waals surface area contributed by atoms with Gasteiger partial charge in [0, 0.05) is 30.7 Å². The van der Waals surface area contributed by atoms with Crippen LogP contribution in [0.1, 0.15) is 25.8 Å². The van der Waals surface area contributed by atoms with Crippen molar-refractivity contribution >= 4 is 11.6 Å². The molecule has 2 nitrogen and oxygen atoms in total. The van der Waals surface area contributed by atoms with Crippen LogP contribution in [0.4, 0.5) is 4.39 Å². The molecule has 1 fully saturated rings. The molecular weight excluding hydrogens is 263 g/mol. The maximum absolute atomic E-state index is 13.1. The molecule has 1 heterocycles. The molecule has 1 aliphatic rings. The lowest BCUT2D eigenvalue weighted by Crippen LogP contribution is -2.38. The van der Waals surface area contributed by atoms with Crippen molar-refractivity contribution in [2.75, 3.05) is 19.6 Å². The molecule has 1 saturated heterocycles. The van der Waals surface area contributed by atoms with Gasteiger partial charge in [0.25, 0.3) is 0 Å². The van der Waals surface area contributed by atoms with Gasteiger partial charge in [-0.2, -0.15) is 0 Å². The number of hydrogen-bond acceptors (Lipinski definition) is 2. The number of hydrogen-bond donors (Lipinski definition) is 1. The highest BCUT2D eigenvalue weighted by atomic mass is 35.5. The maximum atomic E-state index is 13.1. The molecule has 0 unspecified atom stereocenters. The summed E-state index contributed by atoms with van der Waals surface area (Å²) in [4.78, 5) is 2.46. The summed E-state index contributed by atoms with van der Waals surface area (Å²) in [6.07, 6.45) is 1.17. The largest absolute Gasteiger partial charge is 0.315 e. The van der Waals surface area contributed by atoms with Gasteiger partial charge in [-0.15, -0.1) is 0 Å². The van der Waals surface area contributed by atoms with Crippen LogP contribution < -0.4 is 5.32 Å². The van der Waals surface area contributed by atoms with E-state index in [1.807, 2.05) is 0 Å². The van der Waals surface area contributed by atoms with Gasteiger partial charge in [0.2, 0.25) is 0 Å². The standard InChI is InChI=1S/C15H22ClFN2/c1-11(2)9-19(14-5-6-18-8-14)10-12-3-4-13(17)7-15(12)16/h3-4,7,11,14,18H,5-6,8-10H2,1-2H3/t14-/m1/s1. The van der Waals surface area contributed by atoms with Crippen molar-refractivity contribution in [3.05, 3.63) is 34.6 Å². The molecule has 1 aliphatic heterocycles. The van der Waals surface area contributed by atoms with Crippen LogP contribution in [0.2, 0.25) is 5.02 Å². The third-order valence-electron chi connectivity index (χ3n) is 3.54. The molecule has 0 radical (unpaired) electrons. The Morgan fingerprint density at radius 2 is 2.26 bits per heavy atom. The fraction of sp³-hybridized carbons (Fsp3) is 0.600. The fourth-order valence-corrected chi connectivity index (χ4v) is 2.86. The van der Waals surface area contributed by atoms with Crippen molar-refractivity contribution in [1.82, 2.24) is 10.2 Å².